The number of rotatable bonds is 5. The monoisotopic (exact) mass is 359 g/mol. The van der Waals surface area contributed by atoms with E-state index in [0.717, 1.165) is 0 Å². The van der Waals surface area contributed by atoms with E-state index in [1.165, 1.54) is 0 Å². The summed E-state index contributed by atoms with van der Waals surface area (Å²) < 4.78 is 42.9. The summed E-state index contributed by atoms with van der Waals surface area (Å²) in [5.74, 6) is -1.90. The number of nitrogens with two attached hydrogens (primary N) is 1. The minimum Gasteiger partial charge on any atom is -0.479 e. The molecular formula is C16H20F3N3O3. The number of halogens is 3. The van der Waals surface area contributed by atoms with Crippen LogP contribution in [0.1, 0.15) is 38.3 Å². The largest absolute Gasteiger partial charge is 0.479 e. The lowest BCUT2D eigenvalue weighted by molar-refractivity contribution is -0.174. The molecule has 4 N–H and O–H groups in total. The maximum atomic E-state index is 12.5. The average Bonchev–Trinajstić information content (AvgIpc) is 2.53. The summed E-state index contributed by atoms with van der Waals surface area (Å²) in [6, 6.07) is 2.99. The van der Waals surface area contributed by atoms with Crippen LogP contribution < -0.4 is 21.1 Å². The third kappa shape index (κ3) is 4.41. The van der Waals surface area contributed by atoms with Crippen LogP contribution >= 0.6 is 0 Å². The van der Waals surface area contributed by atoms with Crippen LogP contribution in [0.5, 0.6) is 5.75 Å². The number of anilines is 1. The topological polar surface area (TPSA) is 93.5 Å². The molecule has 0 saturated heterocycles. The molecule has 25 heavy (non-hydrogen) atoms. The normalized spacial score (nSPS) is 19.3. The molecule has 0 fully saturated rings. The van der Waals surface area contributed by atoms with Gasteiger partial charge in [0.05, 0.1) is 11.7 Å². The molecule has 2 amide bonds. The fraction of sp³-hybridized carbons (Fsp3) is 0.500. The Morgan fingerprint density at radius 3 is 2.72 bits per heavy atom. The van der Waals surface area contributed by atoms with Gasteiger partial charge in [-0.15, -0.1) is 0 Å². The Hall–Kier alpha value is -2.29. The van der Waals surface area contributed by atoms with Crippen LogP contribution in [-0.4, -0.2) is 30.1 Å². The molecule has 1 heterocycles. The van der Waals surface area contributed by atoms with Crippen molar-refractivity contribution in [1.82, 2.24) is 5.32 Å². The zero-order valence-corrected chi connectivity index (χ0v) is 13.8. The van der Waals surface area contributed by atoms with Crippen LogP contribution in [0.4, 0.5) is 18.9 Å². The van der Waals surface area contributed by atoms with Crippen LogP contribution in [0.2, 0.25) is 0 Å². The second-order valence-corrected chi connectivity index (χ2v) is 5.90. The first-order valence-corrected chi connectivity index (χ1v) is 7.88. The number of ether oxygens (including phenoxy) is 1. The number of carbonyl (C=O) groups is 2. The number of carbonyl (C=O) groups excluding carboxylic acids is 2. The zero-order chi connectivity index (χ0) is 18.8. The van der Waals surface area contributed by atoms with E-state index in [1.807, 2.05) is 5.32 Å². The molecule has 0 radical (unpaired) electrons. The van der Waals surface area contributed by atoms with Crippen molar-refractivity contribution in [3.05, 3.63) is 23.8 Å². The van der Waals surface area contributed by atoms with Crippen LogP contribution in [-0.2, 0) is 9.59 Å². The van der Waals surface area contributed by atoms with Gasteiger partial charge in [0.25, 0.3) is 5.91 Å². The SMILES string of the molecule is CCCC(NC(=O)C(F)(F)F)C(N)c1ccc2c(c1)NC(=O)C(C)O2. The third-order valence-corrected chi connectivity index (χ3v) is 3.93. The van der Waals surface area contributed by atoms with Crippen molar-refractivity contribution >= 4 is 17.5 Å². The smallest absolute Gasteiger partial charge is 0.471 e. The maximum absolute atomic E-state index is 12.5. The first-order valence-electron chi connectivity index (χ1n) is 7.88. The molecule has 0 aliphatic carbocycles. The fourth-order valence-electron chi connectivity index (χ4n) is 2.57. The van der Waals surface area contributed by atoms with Crippen molar-refractivity contribution in [3.63, 3.8) is 0 Å². The number of benzene rings is 1. The van der Waals surface area contributed by atoms with Crippen molar-refractivity contribution in [2.75, 3.05) is 5.32 Å². The molecule has 3 atom stereocenters. The van der Waals surface area contributed by atoms with Gasteiger partial charge in [0.15, 0.2) is 6.10 Å². The molecule has 0 aromatic heterocycles. The molecule has 0 bridgehead atoms. The first kappa shape index (κ1) is 19.0. The minimum absolute atomic E-state index is 0.278. The molecule has 3 unspecified atom stereocenters. The number of nitrogens with one attached hydrogen (secondary N) is 2. The van der Waals surface area contributed by atoms with E-state index in [0.29, 0.717) is 23.4 Å². The second kappa shape index (κ2) is 7.30. The quantitative estimate of drug-likeness (QED) is 0.752. The van der Waals surface area contributed by atoms with E-state index in [9.17, 15) is 22.8 Å². The van der Waals surface area contributed by atoms with Gasteiger partial charge >= 0.3 is 12.1 Å². The van der Waals surface area contributed by atoms with Gasteiger partial charge in [0.2, 0.25) is 0 Å². The van der Waals surface area contributed by atoms with Crippen LogP contribution in [0.3, 0.4) is 0 Å². The maximum Gasteiger partial charge on any atom is 0.471 e. The molecule has 0 spiro atoms. The molecular weight excluding hydrogens is 339 g/mol. The Kier molecular flexibility index (Phi) is 5.56. The Bertz CT molecular complexity index is 664. The molecule has 2 rings (SSSR count). The zero-order valence-electron chi connectivity index (χ0n) is 13.8. The van der Waals surface area contributed by atoms with Crippen molar-refractivity contribution in [2.45, 2.75) is 51.1 Å². The van der Waals surface area contributed by atoms with Gasteiger partial charge in [-0.2, -0.15) is 13.2 Å². The van der Waals surface area contributed by atoms with Crippen molar-refractivity contribution < 1.29 is 27.5 Å². The highest BCUT2D eigenvalue weighted by molar-refractivity contribution is 5.97. The number of amides is 2. The molecule has 1 aliphatic rings. The summed E-state index contributed by atoms with van der Waals surface area (Å²) in [4.78, 5) is 22.9. The van der Waals surface area contributed by atoms with Gasteiger partial charge in [0.1, 0.15) is 5.75 Å². The molecule has 1 aromatic rings. The summed E-state index contributed by atoms with van der Waals surface area (Å²) in [5.41, 5.74) is 6.96. The number of hydrogen-bond acceptors (Lipinski definition) is 4. The lowest BCUT2D eigenvalue weighted by Gasteiger charge is -2.28. The van der Waals surface area contributed by atoms with Gasteiger partial charge in [-0.1, -0.05) is 19.4 Å². The molecule has 1 aliphatic heterocycles. The highest BCUT2D eigenvalue weighted by Gasteiger charge is 2.40. The van der Waals surface area contributed by atoms with Crippen molar-refractivity contribution in [2.24, 2.45) is 5.73 Å². The molecule has 1 aromatic carbocycles. The Morgan fingerprint density at radius 2 is 2.12 bits per heavy atom. The summed E-state index contributed by atoms with van der Waals surface area (Å²) in [6.45, 7) is 3.38. The van der Waals surface area contributed by atoms with E-state index in [4.69, 9.17) is 10.5 Å². The standard InChI is InChI=1S/C16H20F3N3O3/c1-3-4-10(22-15(24)16(17,18)19)13(20)9-5-6-12-11(7-9)21-14(23)8(2)25-12/h5-8,10,13H,3-4,20H2,1-2H3,(H,21,23)(H,22,24). The van der Waals surface area contributed by atoms with Crippen LogP contribution in [0.25, 0.3) is 0 Å². The van der Waals surface area contributed by atoms with E-state index in [2.05, 4.69) is 5.32 Å². The van der Waals surface area contributed by atoms with E-state index in [-0.39, 0.29) is 12.3 Å². The third-order valence-electron chi connectivity index (χ3n) is 3.93. The fourth-order valence-corrected chi connectivity index (χ4v) is 2.57. The summed E-state index contributed by atoms with van der Waals surface area (Å²) in [5, 5.41) is 4.60. The van der Waals surface area contributed by atoms with E-state index < -0.39 is 30.3 Å². The average molecular weight is 359 g/mol. The number of fused-ring (bicyclic) bond motifs is 1. The lowest BCUT2D eigenvalue weighted by atomic mass is 9.95. The van der Waals surface area contributed by atoms with Crippen molar-refractivity contribution in [1.29, 1.82) is 0 Å². The van der Waals surface area contributed by atoms with E-state index in [1.54, 1.807) is 32.0 Å². The Morgan fingerprint density at radius 1 is 1.44 bits per heavy atom. The Balaban J connectivity index is 2.22. The molecule has 9 heteroatoms. The highest BCUT2D eigenvalue weighted by Crippen LogP contribution is 2.33. The van der Waals surface area contributed by atoms with E-state index >= 15 is 0 Å². The highest BCUT2D eigenvalue weighted by atomic mass is 19.4. The summed E-state index contributed by atoms with van der Waals surface area (Å²) in [7, 11) is 0. The Labute approximate surface area is 142 Å². The predicted octanol–water partition coefficient (Wildman–Crippen LogP) is 2.25. The van der Waals surface area contributed by atoms with Gasteiger partial charge in [0, 0.05) is 6.04 Å². The van der Waals surface area contributed by atoms with Gasteiger partial charge < -0.3 is 21.1 Å². The lowest BCUT2D eigenvalue weighted by Crippen LogP contribution is -2.47. The molecule has 138 valence electrons. The van der Waals surface area contributed by atoms with Gasteiger partial charge in [-0.3, -0.25) is 9.59 Å². The molecule has 0 saturated carbocycles. The van der Waals surface area contributed by atoms with Gasteiger partial charge in [-0.25, -0.2) is 0 Å². The minimum atomic E-state index is -4.97. The number of alkyl halides is 3. The van der Waals surface area contributed by atoms with Gasteiger partial charge in [-0.05, 0) is 31.0 Å². The summed E-state index contributed by atoms with van der Waals surface area (Å²) in [6.07, 6.45) is -4.79. The van der Waals surface area contributed by atoms with Crippen LogP contribution in [0.15, 0.2) is 18.2 Å². The second-order valence-electron chi connectivity index (χ2n) is 5.90. The number of hydrogen-bond donors (Lipinski definition) is 3. The van der Waals surface area contributed by atoms with Crippen LogP contribution in [0, 0.1) is 0 Å². The van der Waals surface area contributed by atoms with Crippen molar-refractivity contribution in [3.8, 4) is 5.75 Å². The first-order chi connectivity index (χ1) is 11.6. The predicted molar refractivity (Wildman–Crippen MR) is 85.0 cm³/mol. The summed E-state index contributed by atoms with van der Waals surface area (Å²) >= 11 is 0. The molecule has 6 nitrogen and oxygen atoms in total.